The fourth-order valence-electron chi connectivity index (χ4n) is 3.60. The molecule has 1 heterocycles. The van der Waals surface area contributed by atoms with E-state index in [1.54, 1.807) is 0 Å². The first-order valence-corrected chi connectivity index (χ1v) is 7.41. The number of hydrogen-bond acceptors (Lipinski definition) is 2. The van der Waals surface area contributed by atoms with Crippen LogP contribution >= 0.6 is 0 Å². The highest BCUT2D eigenvalue weighted by Crippen LogP contribution is 2.48. The minimum atomic E-state index is -0.246. The zero-order valence-corrected chi connectivity index (χ0v) is 13.9. The van der Waals surface area contributed by atoms with Crippen LogP contribution in [0.4, 0.5) is 0 Å². The van der Waals surface area contributed by atoms with Crippen molar-refractivity contribution < 1.29 is 9.31 Å². The molecule has 2 nitrogen and oxygen atoms in total. The summed E-state index contributed by atoms with van der Waals surface area (Å²) in [6, 6.07) is 0. The van der Waals surface area contributed by atoms with Crippen molar-refractivity contribution in [2.75, 3.05) is 0 Å². The second-order valence-corrected chi connectivity index (χ2v) is 8.81. The highest BCUT2D eigenvalue weighted by Gasteiger charge is 2.53. The van der Waals surface area contributed by atoms with E-state index in [9.17, 15) is 0 Å². The van der Waals surface area contributed by atoms with E-state index >= 15 is 0 Å². The maximum atomic E-state index is 6.20. The Kier molecular flexibility index (Phi) is 3.27. The maximum Gasteiger partial charge on any atom is 0.490 e. The molecule has 0 spiro atoms. The third kappa shape index (κ3) is 2.92. The van der Waals surface area contributed by atoms with Crippen molar-refractivity contribution in [2.45, 2.75) is 79.4 Å². The Labute approximate surface area is 119 Å². The summed E-state index contributed by atoms with van der Waals surface area (Å²) in [5.41, 5.74) is 1.37. The van der Waals surface area contributed by atoms with Crippen LogP contribution in [-0.4, -0.2) is 18.3 Å². The summed E-state index contributed by atoms with van der Waals surface area (Å²) in [5.74, 6) is 0. The first-order chi connectivity index (χ1) is 8.34. The molecule has 3 heteroatoms. The van der Waals surface area contributed by atoms with Crippen LogP contribution in [0.5, 0.6) is 0 Å². The molecule has 1 fully saturated rings. The van der Waals surface area contributed by atoms with Gasteiger partial charge in [-0.2, -0.15) is 0 Å². The molecule has 0 unspecified atom stereocenters. The minimum Gasteiger partial charge on any atom is -0.400 e. The van der Waals surface area contributed by atoms with E-state index in [1.807, 2.05) is 0 Å². The van der Waals surface area contributed by atoms with Gasteiger partial charge in [-0.1, -0.05) is 33.8 Å². The van der Waals surface area contributed by atoms with Gasteiger partial charge in [-0.15, -0.1) is 0 Å². The molecule has 0 aromatic rings. The van der Waals surface area contributed by atoms with Crippen LogP contribution < -0.4 is 0 Å². The first kappa shape index (κ1) is 15.1. The van der Waals surface area contributed by atoms with Gasteiger partial charge in [0.25, 0.3) is 0 Å². The summed E-state index contributed by atoms with van der Waals surface area (Å²) in [7, 11) is -0.177. The van der Waals surface area contributed by atoms with Gasteiger partial charge in [0.05, 0.1) is 11.2 Å². The van der Waals surface area contributed by atoms with E-state index in [1.165, 1.54) is 11.9 Å². The van der Waals surface area contributed by atoms with Crippen LogP contribution in [0.1, 0.15) is 68.2 Å². The highest BCUT2D eigenvalue weighted by atomic mass is 16.7. The molecule has 19 heavy (non-hydrogen) atoms. The highest BCUT2D eigenvalue weighted by molar-refractivity contribution is 6.54. The Balaban J connectivity index is 2.27. The monoisotopic (exact) mass is 264 g/mol. The van der Waals surface area contributed by atoms with Crippen molar-refractivity contribution in [2.24, 2.45) is 10.8 Å². The molecular formula is C16H29BO2. The van der Waals surface area contributed by atoms with E-state index in [-0.39, 0.29) is 23.7 Å². The fraction of sp³-hybridized carbons (Fsp3) is 0.875. The largest absolute Gasteiger partial charge is 0.490 e. The Bertz CT molecular complexity index is 389. The standard InChI is InChI=1S/C16H29BO2/c1-13(2)9-12(10-14(3,4)11-13)17-18-15(5,6)16(7,8)19-17/h9H,10-11H2,1-8H3. The smallest absolute Gasteiger partial charge is 0.400 e. The van der Waals surface area contributed by atoms with Crippen LogP contribution in [0.2, 0.25) is 0 Å². The van der Waals surface area contributed by atoms with Gasteiger partial charge in [0.2, 0.25) is 0 Å². The molecule has 0 aromatic carbocycles. The molecular weight excluding hydrogens is 235 g/mol. The molecule has 0 N–H and O–H groups in total. The SMILES string of the molecule is CC1(C)C=C(B2OC(C)(C)C(C)(C)O2)CC(C)(C)C1. The normalized spacial score (nSPS) is 31.2. The Morgan fingerprint density at radius 2 is 1.37 bits per heavy atom. The molecule has 0 bridgehead atoms. The zero-order valence-electron chi connectivity index (χ0n) is 13.9. The second-order valence-electron chi connectivity index (χ2n) is 8.81. The van der Waals surface area contributed by atoms with E-state index in [4.69, 9.17) is 9.31 Å². The summed E-state index contributed by atoms with van der Waals surface area (Å²) in [4.78, 5) is 0. The van der Waals surface area contributed by atoms with Gasteiger partial charge < -0.3 is 9.31 Å². The predicted molar refractivity (Wildman–Crippen MR) is 81.0 cm³/mol. The summed E-state index contributed by atoms with van der Waals surface area (Å²) in [6.07, 6.45) is 4.65. The number of hydrogen-bond donors (Lipinski definition) is 0. The van der Waals surface area contributed by atoms with Gasteiger partial charge in [-0.3, -0.25) is 0 Å². The molecule has 1 aliphatic carbocycles. The lowest BCUT2D eigenvalue weighted by Gasteiger charge is -2.39. The molecule has 2 rings (SSSR count). The molecule has 0 saturated carbocycles. The summed E-state index contributed by atoms with van der Waals surface area (Å²) >= 11 is 0. The molecule has 0 radical (unpaired) electrons. The van der Waals surface area contributed by atoms with Crippen molar-refractivity contribution in [1.82, 2.24) is 0 Å². The Morgan fingerprint density at radius 1 is 0.895 bits per heavy atom. The van der Waals surface area contributed by atoms with Crippen molar-refractivity contribution >= 4 is 7.12 Å². The van der Waals surface area contributed by atoms with Gasteiger partial charge in [-0.25, -0.2) is 0 Å². The van der Waals surface area contributed by atoms with Gasteiger partial charge in [-0.05, 0) is 56.8 Å². The van der Waals surface area contributed by atoms with Crippen molar-refractivity contribution in [3.63, 3.8) is 0 Å². The molecule has 1 aliphatic heterocycles. The van der Waals surface area contributed by atoms with E-state index < -0.39 is 0 Å². The lowest BCUT2D eigenvalue weighted by Crippen LogP contribution is -2.41. The Hall–Kier alpha value is -0.275. The lowest BCUT2D eigenvalue weighted by atomic mass is 9.59. The van der Waals surface area contributed by atoms with Crippen LogP contribution in [0, 0.1) is 10.8 Å². The zero-order chi connectivity index (χ0) is 14.7. The summed E-state index contributed by atoms with van der Waals surface area (Å²) in [6.45, 7) is 17.8. The topological polar surface area (TPSA) is 18.5 Å². The molecule has 0 aromatic heterocycles. The first-order valence-electron chi connectivity index (χ1n) is 7.41. The van der Waals surface area contributed by atoms with Gasteiger partial charge in [0, 0.05) is 0 Å². The third-order valence-corrected chi connectivity index (χ3v) is 4.75. The molecule has 108 valence electrons. The Morgan fingerprint density at radius 3 is 1.79 bits per heavy atom. The predicted octanol–water partition coefficient (Wildman–Crippen LogP) is 4.39. The quantitative estimate of drug-likeness (QED) is 0.654. The minimum absolute atomic E-state index is 0.177. The van der Waals surface area contributed by atoms with Crippen LogP contribution in [0.15, 0.2) is 11.5 Å². The number of allylic oxidation sites excluding steroid dienone is 2. The average Bonchev–Trinajstić information content (AvgIpc) is 2.30. The van der Waals surface area contributed by atoms with E-state index in [0.717, 1.165) is 6.42 Å². The fourth-order valence-corrected chi connectivity index (χ4v) is 3.60. The van der Waals surface area contributed by atoms with Gasteiger partial charge >= 0.3 is 7.12 Å². The van der Waals surface area contributed by atoms with Crippen LogP contribution in [0.3, 0.4) is 0 Å². The van der Waals surface area contributed by atoms with E-state index in [2.05, 4.69) is 61.5 Å². The molecule has 0 amide bonds. The van der Waals surface area contributed by atoms with Crippen molar-refractivity contribution in [3.05, 3.63) is 11.5 Å². The summed E-state index contributed by atoms with van der Waals surface area (Å²) in [5, 5.41) is 0. The molecule has 0 atom stereocenters. The van der Waals surface area contributed by atoms with Crippen LogP contribution in [-0.2, 0) is 9.31 Å². The molecule has 2 aliphatic rings. The second kappa shape index (κ2) is 4.11. The van der Waals surface area contributed by atoms with E-state index in [0.29, 0.717) is 5.41 Å². The van der Waals surface area contributed by atoms with Crippen molar-refractivity contribution in [3.8, 4) is 0 Å². The van der Waals surface area contributed by atoms with Gasteiger partial charge in [0.1, 0.15) is 0 Å². The van der Waals surface area contributed by atoms with Crippen LogP contribution in [0.25, 0.3) is 0 Å². The average molecular weight is 264 g/mol. The van der Waals surface area contributed by atoms with Gasteiger partial charge in [0.15, 0.2) is 0 Å². The number of rotatable bonds is 1. The summed E-state index contributed by atoms with van der Waals surface area (Å²) < 4.78 is 12.4. The third-order valence-electron chi connectivity index (χ3n) is 4.75. The molecule has 1 saturated heterocycles. The lowest BCUT2D eigenvalue weighted by molar-refractivity contribution is 0.00578. The van der Waals surface area contributed by atoms with Crippen molar-refractivity contribution in [1.29, 1.82) is 0 Å². The maximum absolute atomic E-state index is 6.20.